The van der Waals surface area contributed by atoms with Gasteiger partial charge in [0.25, 0.3) is 0 Å². The van der Waals surface area contributed by atoms with Crippen molar-refractivity contribution in [1.82, 2.24) is 9.97 Å². The van der Waals surface area contributed by atoms with Gasteiger partial charge in [-0.05, 0) is 12.8 Å². The molecule has 0 aromatic carbocycles. The lowest BCUT2D eigenvalue weighted by Gasteiger charge is -2.11. The summed E-state index contributed by atoms with van der Waals surface area (Å²) in [5.74, 6) is 0.675. The van der Waals surface area contributed by atoms with Gasteiger partial charge in [-0.25, -0.2) is 9.97 Å². The molecule has 0 unspecified atom stereocenters. The maximum Gasteiger partial charge on any atom is 0.222 e. The summed E-state index contributed by atoms with van der Waals surface area (Å²) in [6.07, 6.45) is 8.34. The Labute approximate surface area is 83.4 Å². The van der Waals surface area contributed by atoms with Crippen LogP contribution in [0.4, 0.5) is 5.95 Å². The first-order chi connectivity index (χ1) is 6.88. The molecule has 0 atom stereocenters. The van der Waals surface area contributed by atoms with E-state index < -0.39 is 0 Å². The third-order valence-electron chi connectivity index (χ3n) is 2.58. The van der Waals surface area contributed by atoms with Crippen molar-refractivity contribution in [1.29, 1.82) is 0 Å². The zero-order valence-corrected chi connectivity index (χ0v) is 8.11. The minimum Gasteiger partial charge on any atom is -0.392 e. The zero-order valence-electron chi connectivity index (χ0n) is 8.11. The summed E-state index contributed by atoms with van der Waals surface area (Å²) in [6, 6.07) is 0.537. The van der Waals surface area contributed by atoms with E-state index in [1.807, 2.05) is 0 Å². The second-order valence-electron chi connectivity index (χ2n) is 3.70. The van der Waals surface area contributed by atoms with Crippen molar-refractivity contribution in [2.75, 3.05) is 5.32 Å². The number of hydrogen-bond donors (Lipinski definition) is 2. The van der Waals surface area contributed by atoms with Crippen molar-refractivity contribution >= 4 is 5.95 Å². The number of rotatable bonds is 3. The second kappa shape index (κ2) is 4.37. The van der Waals surface area contributed by atoms with Gasteiger partial charge in [-0.2, -0.15) is 0 Å². The normalized spacial score (nSPS) is 17.2. The van der Waals surface area contributed by atoms with Gasteiger partial charge in [0.15, 0.2) is 0 Å². The number of nitrogens with zero attached hydrogens (tertiary/aromatic N) is 2. The van der Waals surface area contributed by atoms with Crippen molar-refractivity contribution < 1.29 is 5.11 Å². The molecule has 4 nitrogen and oxygen atoms in total. The second-order valence-corrected chi connectivity index (χ2v) is 3.70. The molecule has 1 aromatic rings. The first kappa shape index (κ1) is 9.40. The lowest BCUT2D eigenvalue weighted by Crippen LogP contribution is -2.16. The highest BCUT2D eigenvalue weighted by Gasteiger charge is 2.15. The summed E-state index contributed by atoms with van der Waals surface area (Å²) in [5.41, 5.74) is 0.752. The summed E-state index contributed by atoms with van der Waals surface area (Å²) in [4.78, 5) is 8.26. The fourth-order valence-corrected chi connectivity index (χ4v) is 1.76. The Hall–Kier alpha value is -1.16. The topological polar surface area (TPSA) is 58.0 Å². The Morgan fingerprint density at radius 3 is 2.50 bits per heavy atom. The quantitative estimate of drug-likeness (QED) is 0.760. The van der Waals surface area contributed by atoms with Gasteiger partial charge in [0.2, 0.25) is 5.95 Å². The van der Waals surface area contributed by atoms with Gasteiger partial charge in [0.05, 0.1) is 6.61 Å². The van der Waals surface area contributed by atoms with Gasteiger partial charge >= 0.3 is 0 Å². The summed E-state index contributed by atoms with van der Waals surface area (Å²) in [5, 5.41) is 12.1. The molecular weight excluding hydrogens is 178 g/mol. The van der Waals surface area contributed by atoms with Crippen LogP contribution < -0.4 is 5.32 Å². The van der Waals surface area contributed by atoms with Gasteiger partial charge in [0.1, 0.15) is 0 Å². The molecule has 1 aromatic heterocycles. The molecule has 0 amide bonds. The van der Waals surface area contributed by atoms with E-state index in [4.69, 9.17) is 5.11 Å². The number of aliphatic hydroxyl groups is 1. The van der Waals surface area contributed by atoms with Gasteiger partial charge in [-0.15, -0.1) is 0 Å². The van der Waals surface area contributed by atoms with Crippen LogP contribution in [-0.4, -0.2) is 21.1 Å². The fourth-order valence-electron chi connectivity index (χ4n) is 1.76. The number of hydrogen-bond acceptors (Lipinski definition) is 4. The van der Waals surface area contributed by atoms with Crippen molar-refractivity contribution in [3.05, 3.63) is 18.0 Å². The molecule has 0 radical (unpaired) electrons. The molecule has 2 rings (SSSR count). The Balaban J connectivity index is 1.95. The number of aliphatic hydroxyl groups excluding tert-OH is 1. The highest BCUT2D eigenvalue weighted by molar-refractivity contribution is 5.26. The van der Waals surface area contributed by atoms with E-state index in [0.29, 0.717) is 12.0 Å². The van der Waals surface area contributed by atoms with Crippen LogP contribution in [0.3, 0.4) is 0 Å². The van der Waals surface area contributed by atoms with Gasteiger partial charge in [0, 0.05) is 24.0 Å². The molecule has 4 heteroatoms. The standard InChI is InChI=1S/C10H15N3O/c14-7-8-5-11-10(12-6-8)13-9-3-1-2-4-9/h5-6,9,14H,1-4,7H2,(H,11,12,13). The van der Waals surface area contributed by atoms with Crippen molar-refractivity contribution in [2.45, 2.75) is 38.3 Å². The zero-order chi connectivity index (χ0) is 9.80. The molecule has 76 valence electrons. The van der Waals surface area contributed by atoms with Crippen LogP contribution in [0.15, 0.2) is 12.4 Å². The fraction of sp³-hybridized carbons (Fsp3) is 0.600. The molecule has 0 bridgehead atoms. The Kier molecular flexibility index (Phi) is 2.93. The maximum absolute atomic E-state index is 8.81. The van der Waals surface area contributed by atoms with Gasteiger partial charge < -0.3 is 10.4 Å². The molecule has 14 heavy (non-hydrogen) atoms. The van der Waals surface area contributed by atoms with Crippen molar-refractivity contribution in [3.8, 4) is 0 Å². The predicted octanol–water partition coefficient (Wildman–Crippen LogP) is 1.32. The van der Waals surface area contributed by atoms with Crippen LogP contribution in [0, 0.1) is 0 Å². The van der Waals surface area contributed by atoms with Crippen molar-refractivity contribution in [2.24, 2.45) is 0 Å². The van der Waals surface area contributed by atoms with Crippen LogP contribution in [0.2, 0.25) is 0 Å². The monoisotopic (exact) mass is 193 g/mol. The highest BCUT2D eigenvalue weighted by Crippen LogP contribution is 2.20. The average Bonchev–Trinajstić information content (AvgIpc) is 2.72. The molecule has 1 fully saturated rings. The first-order valence-corrected chi connectivity index (χ1v) is 5.07. The van der Waals surface area contributed by atoms with Gasteiger partial charge in [-0.3, -0.25) is 0 Å². The molecular formula is C10H15N3O. The van der Waals surface area contributed by atoms with Crippen LogP contribution in [-0.2, 0) is 6.61 Å². The largest absolute Gasteiger partial charge is 0.392 e. The van der Waals surface area contributed by atoms with Gasteiger partial charge in [-0.1, -0.05) is 12.8 Å². The van der Waals surface area contributed by atoms with E-state index in [-0.39, 0.29) is 6.61 Å². The maximum atomic E-state index is 8.81. The molecule has 0 saturated heterocycles. The van der Waals surface area contributed by atoms with Crippen LogP contribution >= 0.6 is 0 Å². The van der Waals surface area contributed by atoms with E-state index in [0.717, 1.165) is 5.56 Å². The Bertz CT molecular complexity index is 280. The Morgan fingerprint density at radius 1 is 1.29 bits per heavy atom. The molecule has 2 N–H and O–H groups in total. The Morgan fingerprint density at radius 2 is 1.93 bits per heavy atom. The summed E-state index contributed by atoms with van der Waals surface area (Å²) in [7, 11) is 0. The number of anilines is 1. The third kappa shape index (κ3) is 2.20. The molecule has 1 saturated carbocycles. The first-order valence-electron chi connectivity index (χ1n) is 5.07. The van der Waals surface area contributed by atoms with E-state index in [2.05, 4.69) is 15.3 Å². The van der Waals surface area contributed by atoms with E-state index in [1.54, 1.807) is 12.4 Å². The molecule has 1 heterocycles. The lowest BCUT2D eigenvalue weighted by molar-refractivity contribution is 0.281. The van der Waals surface area contributed by atoms with Crippen LogP contribution in [0.1, 0.15) is 31.2 Å². The number of aromatic nitrogens is 2. The SMILES string of the molecule is OCc1cnc(NC2CCCC2)nc1. The summed E-state index contributed by atoms with van der Waals surface area (Å²) >= 11 is 0. The molecule has 1 aliphatic carbocycles. The van der Waals surface area contributed by atoms with E-state index >= 15 is 0 Å². The van der Waals surface area contributed by atoms with Crippen molar-refractivity contribution in [3.63, 3.8) is 0 Å². The van der Waals surface area contributed by atoms with E-state index in [9.17, 15) is 0 Å². The highest BCUT2D eigenvalue weighted by atomic mass is 16.3. The summed E-state index contributed by atoms with van der Waals surface area (Å²) in [6.45, 7) is 0.00368. The molecule has 0 spiro atoms. The third-order valence-corrected chi connectivity index (χ3v) is 2.58. The summed E-state index contributed by atoms with van der Waals surface area (Å²) < 4.78 is 0. The molecule has 0 aliphatic heterocycles. The minimum absolute atomic E-state index is 0.00368. The number of nitrogens with one attached hydrogen (secondary N) is 1. The average molecular weight is 193 g/mol. The molecule has 1 aliphatic rings. The smallest absolute Gasteiger partial charge is 0.222 e. The van der Waals surface area contributed by atoms with E-state index in [1.165, 1.54) is 25.7 Å². The minimum atomic E-state index is 0.00368. The lowest BCUT2D eigenvalue weighted by atomic mass is 10.2. The van der Waals surface area contributed by atoms with Crippen LogP contribution in [0.5, 0.6) is 0 Å². The van der Waals surface area contributed by atoms with Crippen LogP contribution in [0.25, 0.3) is 0 Å². The predicted molar refractivity (Wildman–Crippen MR) is 53.8 cm³/mol.